The fourth-order valence-electron chi connectivity index (χ4n) is 2.48. The van der Waals surface area contributed by atoms with Gasteiger partial charge in [0.25, 0.3) is 5.91 Å². The predicted molar refractivity (Wildman–Crippen MR) is 108 cm³/mol. The molecular weight excluding hydrogens is 384 g/mol. The van der Waals surface area contributed by atoms with E-state index in [1.807, 2.05) is 24.3 Å². The number of amides is 1. The van der Waals surface area contributed by atoms with Gasteiger partial charge in [-0.25, -0.2) is 4.99 Å². The predicted octanol–water partition coefficient (Wildman–Crippen LogP) is 5.20. The first-order valence-electron chi connectivity index (χ1n) is 8.01. The Balaban J connectivity index is 1.54. The molecule has 0 atom stereocenters. The van der Waals surface area contributed by atoms with Gasteiger partial charge in [0.1, 0.15) is 17.3 Å². The second-order valence-corrected chi connectivity index (χ2v) is 7.18. The number of hydrogen-bond donors (Lipinski definition) is 2. The Morgan fingerprint density at radius 3 is 2.70 bits per heavy atom. The maximum absolute atomic E-state index is 12.2. The number of phenols is 1. The third-order valence-electron chi connectivity index (χ3n) is 3.74. The van der Waals surface area contributed by atoms with Crippen LogP contribution >= 0.6 is 23.4 Å². The molecule has 0 saturated carbocycles. The van der Waals surface area contributed by atoms with Gasteiger partial charge in [-0.3, -0.25) is 4.79 Å². The van der Waals surface area contributed by atoms with E-state index in [0.717, 1.165) is 5.56 Å². The van der Waals surface area contributed by atoms with Gasteiger partial charge >= 0.3 is 0 Å². The molecule has 134 valence electrons. The average molecular weight is 397 g/mol. The number of halogens is 1. The molecule has 7 heteroatoms. The number of nitrogens with zero attached hydrogens (tertiary/aromatic N) is 1. The lowest BCUT2D eigenvalue weighted by molar-refractivity contribution is -0.115. The van der Waals surface area contributed by atoms with Crippen LogP contribution in [0.25, 0.3) is 17.4 Å². The second kappa shape index (κ2) is 7.34. The number of nitrogens with one attached hydrogen (secondary N) is 1. The molecule has 5 nitrogen and oxygen atoms in total. The molecule has 2 N–H and O–H groups in total. The third-order valence-corrected chi connectivity index (χ3v) is 4.89. The number of furan rings is 1. The van der Waals surface area contributed by atoms with Crippen LogP contribution in [0.2, 0.25) is 5.02 Å². The highest BCUT2D eigenvalue weighted by atomic mass is 35.5. The van der Waals surface area contributed by atoms with E-state index in [2.05, 4.69) is 10.3 Å². The Labute approximate surface area is 164 Å². The summed E-state index contributed by atoms with van der Waals surface area (Å²) in [6.45, 7) is 0. The number of hydrogen-bond acceptors (Lipinski definition) is 5. The van der Waals surface area contributed by atoms with Crippen LogP contribution in [0, 0.1) is 0 Å². The van der Waals surface area contributed by atoms with E-state index in [9.17, 15) is 9.90 Å². The topological polar surface area (TPSA) is 74.8 Å². The number of phenolic OH excluding ortho intramolecular Hbond substituents is 1. The molecule has 0 aliphatic carbocycles. The molecule has 2 heterocycles. The molecule has 2 aromatic carbocycles. The molecule has 0 bridgehead atoms. The van der Waals surface area contributed by atoms with Gasteiger partial charge in [0, 0.05) is 16.7 Å². The number of rotatable bonds is 3. The lowest BCUT2D eigenvalue weighted by atomic mass is 10.2. The van der Waals surface area contributed by atoms with Crippen LogP contribution in [0.3, 0.4) is 0 Å². The van der Waals surface area contributed by atoms with Crippen LogP contribution in [0.1, 0.15) is 5.76 Å². The van der Waals surface area contributed by atoms with E-state index in [4.69, 9.17) is 16.0 Å². The Hall–Kier alpha value is -2.96. The summed E-state index contributed by atoms with van der Waals surface area (Å²) >= 11 is 7.24. The summed E-state index contributed by atoms with van der Waals surface area (Å²) in [5.41, 5.74) is 1.50. The number of carbonyl (C=O) groups is 1. The van der Waals surface area contributed by atoms with E-state index >= 15 is 0 Å². The van der Waals surface area contributed by atoms with E-state index in [0.29, 0.717) is 32.3 Å². The molecule has 4 rings (SSSR count). The largest absolute Gasteiger partial charge is 0.508 e. The monoisotopic (exact) mass is 396 g/mol. The minimum absolute atomic E-state index is 0.163. The number of thioether (sulfide) groups is 1. The first-order valence-corrected chi connectivity index (χ1v) is 9.21. The van der Waals surface area contributed by atoms with Crippen LogP contribution in [0.5, 0.6) is 5.75 Å². The highest BCUT2D eigenvalue weighted by Gasteiger charge is 2.24. The molecule has 0 unspecified atom stereocenters. The molecule has 0 spiro atoms. The smallest absolute Gasteiger partial charge is 0.264 e. The molecule has 3 aromatic rings. The number of amidine groups is 1. The number of benzene rings is 2. The molecule has 1 aromatic heterocycles. The third kappa shape index (κ3) is 4.07. The van der Waals surface area contributed by atoms with Gasteiger partial charge in [0.2, 0.25) is 0 Å². The average Bonchev–Trinajstić information content (AvgIpc) is 3.24. The van der Waals surface area contributed by atoms with Gasteiger partial charge in [-0.2, -0.15) is 0 Å². The Bertz CT molecular complexity index is 1070. The van der Waals surface area contributed by atoms with E-state index < -0.39 is 0 Å². The van der Waals surface area contributed by atoms with Crippen LogP contribution < -0.4 is 5.32 Å². The van der Waals surface area contributed by atoms with Crippen molar-refractivity contribution in [1.82, 2.24) is 5.32 Å². The standard InChI is InChI=1S/C20H13ClN2O3S/c21-13-3-1-2-12(10-13)17-9-8-16(26-17)11-18-19(25)23-20(27-18)22-14-4-6-15(24)7-5-14/h1-11,24H,(H,22,23,25)/b18-11-. The van der Waals surface area contributed by atoms with Gasteiger partial charge in [-0.05, 0) is 60.3 Å². The summed E-state index contributed by atoms with van der Waals surface area (Å²) in [5.74, 6) is 1.16. The lowest BCUT2D eigenvalue weighted by Crippen LogP contribution is -2.19. The van der Waals surface area contributed by atoms with Crippen LogP contribution in [0.15, 0.2) is 75.0 Å². The van der Waals surface area contributed by atoms with Crippen molar-refractivity contribution in [3.8, 4) is 17.1 Å². The van der Waals surface area contributed by atoms with Crippen molar-refractivity contribution in [2.75, 3.05) is 0 Å². The molecule has 1 amide bonds. The highest BCUT2D eigenvalue weighted by molar-refractivity contribution is 8.18. The quantitative estimate of drug-likeness (QED) is 0.597. The number of aliphatic imine (C=N–C) groups is 1. The Morgan fingerprint density at radius 1 is 1.11 bits per heavy atom. The molecule has 27 heavy (non-hydrogen) atoms. The van der Waals surface area contributed by atoms with E-state index in [1.54, 1.807) is 30.3 Å². The van der Waals surface area contributed by atoms with Crippen molar-refractivity contribution in [2.45, 2.75) is 0 Å². The van der Waals surface area contributed by atoms with Crippen molar-refractivity contribution < 1.29 is 14.3 Å². The summed E-state index contributed by atoms with van der Waals surface area (Å²) in [4.78, 5) is 17.0. The fraction of sp³-hybridized carbons (Fsp3) is 0. The molecular formula is C20H13ClN2O3S. The zero-order valence-corrected chi connectivity index (χ0v) is 15.4. The number of aromatic hydroxyl groups is 1. The minimum atomic E-state index is -0.238. The molecule has 1 aliphatic heterocycles. The summed E-state index contributed by atoms with van der Waals surface area (Å²) in [5, 5.41) is 13.1. The van der Waals surface area contributed by atoms with Crippen molar-refractivity contribution in [3.05, 3.63) is 76.4 Å². The first-order chi connectivity index (χ1) is 13.1. The van der Waals surface area contributed by atoms with Gasteiger partial charge < -0.3 is 14.8 Å². The molecule has 1 saturated heterocycles. The lowest BCUT2D eigenvalue weighted by Gasteiger charge is -1.97. The van der Waals surface area contributed by atoms with Gasteiger partial charge in [0.15, 0.2) is 5.17 Å². The summed E-state index contributed by atoms with van der Waals surface area (Å²) < 4.78 is 5.81. The maximum Gasteiger partial charge on any atom is 0.264 e. The zero-order valence-electron chi connectivity index (χ0n) is 13.8. The van der Waals surface area contributed by atoms with E-state index in [1.165, 1.54) is 23.9 Å². The van der Waals surface area contributed by atoms with Crippen LogP contribution in [-0.4, -0.2) is 16.2 Å². The summed E-state index contributed by atoms with van der Waals surface area (Å²) in [6, 6.07) is 17.4. The molecule has 1 aliphatic rings. The maximum atomic E-state index is 12.2. The van der Waals surface area contributed by atoms with Crippen molar-refractivity contribution in [3.63, 3.8) is 0 Å². The Kier molecular flexibility index (Phi) is 4.75. The van der Waals surface area contributed by atoms with Crippen molar-refractivity contribution in [2.24, 2.45) is 4.99 Å². The van der Waals surface area contributed by atoms with Crippen molar-refractivity contribution >= 4 is 46.2 Å². The fourth-order valence-corrected chi connectivity index (χ4v) is 3.49. The highest BCUT2D eigenvalue weighted by Crippen LogP contribution is 2.30. The molecule has 0 radical (unpaired) electrons. The van der Waals surface area contributed by atoms with Gasteiger partial charge in [-0.1, -0.05) is 23.7 Å². The van der Waals surface area contributed by atoms with Crippen LogP contribution in [0.4, 0.5) is 5.69 Å². The SMILES string of the molecule is O=C1NC(=Nc2ccc(O)cc2)S/C1=C\c1ccc(-c2cccc(Cl)c2)o1. The zero-order chi connectivity index (χ0) is 18.8. The summed E-state index contributed by atoms with van der Waals surface area (Å²) in [6.07, 6.45) is 1.67. The summed E-state index contributed by atoms with van der Waals surface area (Å²) in [7, 11) is 0. The van der Waals surface area contributed by atoms with Crippen LogP contribution in [-0.2, 0) is 4.79 Å². The molecule has 1 fully saturated rings. The van der Waals surface area contributed by atoms with Gasteiger partial charge in [-0.15, -0.1) is 0 Å². The van der Waals surface area contributed by atoms with Gasteiger partial charge in [0.05, 0.1) is 10.6 Å². The Morgan fingerprint density at radius 2 is 1.93 bits per heavy atom. The first kappa shape index (κ1) is 17.5. The number of carbonyl (C=O) groups excluding carboxylic acids is 1. The van der Waals surface area contributed by atoms with E-state index in [-0.39, 0.29) is 11.7 Å². The normalized spacial score (nSPS) is 16.9. The van der Waals surface area contributed by atoms with Crippen molar-refractivity contribution in [1.29, 1.82) is 0 Å². The minimum Gasteiger partial charge on any atom is -0.508 e. The second-order valence-electron chi connectivity index (χ2n) is 5.71.